The number of aromatic nitrogens is 1. The number of halogens is 1. The smallest absolute Gasteiger partial charge is 0.180 e. The van der Waals surface area contributed by atoms with Crippen molar-refractivity contribution >= 4 is 28.9 Å². The minimum atomic E-state index is 0. The van der Waals surface area contributed by atoms with Gasteiger partial charge < -0.3 is 10.5 Å². The molecule has 15 heavy (non-hydrogen) atoms. The van der Waals surface area contributed by atoms with E-state index in [1.54, 1.807) is 7.11 Å². The van der Waals surface area contributed by atoms with E-state index in [9.17, 15) is 0 Å². The van der Waals surface area contributed by atoms with Crippen molar-refractivity contribution in [2.45, 2.75) is 19.5 Å². The van der Waals surface area contributed by atoms with E-state index in [-0.39, 0.29) is 12.4 Å². The number of nitrogens with two attached hydrogens (primary N) is 1. The number of methoxy groups -OCH3 is 1. The Bertz CT molecular complexity index is 282. The summed E-state index contributed by atoms with van der Waals surface area (Å²) in [5.74, 6) is 0. The van der Waals surface area contributed by atoms with Crippen LogP contribution in [-0.4, -0.2) is 36.7 Å². The third-order valence-electron chi connectivity index (χ3n) is 2.14. The van der Waals surface area contributed by atoms with Crippen LogP contribution < -0.4 is 5.73 Å². The van der Waals surface area contributed by atoms with Gasteiger partial charge >= 0.3 is 0 Å². The number of thiazole rings is 1. The number of likely N-dealkylation sites (N-methyl/N-ethyl adjacent to an activating group) is 1. The molecule has 1 atom stereocenters. The van der Waals surface area contributed by atoms with Gasteiger partial charge in [0.1, 0.15) is 0 Å². The van der Waals surface area contributed by atoms with E-state index in [1.807, 2.05) is 6.20 Å². The normalized spacial score (nSPS) is 12.5. The van der Waals surface area contributed by atoms with Gasteiger partial charge in [-0.05, 0) is 14.0 Å². The summed E-state index contributed by atoms with van der Waals surface area (Å²) < 4.78 is 5.09. The van der Waals surface area contributed by atoms with Gasteiger partial charge in [-0.3, -0.25) is 4.90 Å². The summed E-state index contributed by atoms with van der Waals surface area (Å²) in [4.78, 5) is 7.42. The molecule has 4 nitrogen and oxygen atoms in total. The minimum Gasteiger partial charge on any atom is -0.383 e. The van der Waals surface area contributed by atoms with Crippen LogP contribution in [0.25, 0.3) is 0 Å². The van der Waals surface area contributed by atoms with E-state index >= 15 is 0 Å². The van der Waals surface area contributed by atoms with Crippen molar-refractivity contribution in [1.29, 1.82) is 0 Å². The Morgan fingerprint density at radius 3 is 2.80 bits per heavy atom. The number of rotatable bonds is 5. The molecule has 0 amide bonds. The number of ether oxygens (including phenoxy) is 1. The lowest BCUT2D eigenvalue weighted by Gasteiger charge is -2.22. The monoisotopic (exact) mass is 251 g/mol. The fourth-order valence-corrected chi connectivity index (χ4v) is 1.91. The Balaban J connectivity index is 0.00000196. The highest BCUT2D eigenvalue weighted by atomic mass is 35.5. The Morgan fingerprint density at radius 1 is 1.67 bits per heavy atom. The molecule has 0 aliphatic heterocycles. The lowest BCUT2D eigenvalue weighted by Crippen LogP contribution is -2.31. The maximum atomic E-state index is 5.55. The molecular formula is C9H18ClN3OS. The molecule has 0 saturated carbocycles. The average molecular weight is 252 g/mol. The molecule has 0 aromatic carbocycles. The van der Waals surface area contributed by atoms with Crippen LogP contribution in [0.1, 0.15) is 11.8 Å². The first-order chi connectivity index (χ1) is 6.63. The van der Waals surface area contributed by atoms with Crippen molar-refractivity contribution < 1.29 is 4.74 Å². The molecule has 1 aromatic heterocycles. The summed E-state index contributed by atoms with van der Waals surface area (Å²) in [6, 6.07) is 0.406. The summed E-state index contributed by atoms with van der Waals surface area (Å²) in [6.45, 7) is 3.75. The van der Waals surface area contributed by atoms with Crippen molar-refractivity contribution in [2.75, 3.05) is 26.5 Å². The predicted molar refractivity (Wildman–Crippen MR) is 66.6 cm³/mol. The van der Waals surface area contributed by atoms with Crippen LogP contribution >= 0.6 is 23.7 Å². The molecule has 0 bridgehead atoms. The highest BCUT2D eigenvalue weighted by molar-refractivity contribution is 7.15. The summed E-state index contributed by atoms with van der Waals surface area (Å²) in [5.41, 5.74) is 5.55. The quantitative estimate of drug-likeness (QED) is 0.864. The van der Waals surface area contributed by atoms with Gasteiger partial charge in [0.25, 0.3) is 0 Å². The van der Waals surface area contributed by atoms with Gasteiger partial charge in [0.2, 0.25) is 0 Å². The lowest BCUT2D eigenvalue weighted by atomic mass is 10.3. The highest BCUT2D eigenvalue weighted by Crippen LogP contribution is 2.16. The van der Waals surface area contributed by atoms with Gasteiger partial charge in [0.05, 0.1) is 6.61 Å². The van der Waals surface area contributed by atoms with Gasteiger partial charge in [-0.2, -0.15) is 0 Å². The molecule has 0 spiro atoms. The highest BCUT2D eigenvalue weighted by Gasteiger charge is 2.10. The van der Waals surface area contributed by atoms with E-state index in [0.29, 0.717) is 11.2 Å². The number of hydrogen-bond acceptors (Lipinski definition) is 5. The van der Waals surface area contributed by atoms with Crippen LogP contribution in [-0.2, 0) is 11.3 Å². The van der Waals surface area contributed by atoms with Gasteiger partial charge in [-0.15, -0.1) is 23.7 Å². The van der Waals surface area contributed by atoms with Crippen LogP contribution in [0, 0.1) is 0 Å². The first-order valence-corrected chi connectivity index (χ1v) is 5.34. The second kappa shape index (κ2) is 7.00. The zero-order valence-corrected chi connectivity index (χ0v) is 10.9. The third kappa shape index (κ3) is 4.79. The lowest BCUT2D eigenvalue weighted by molar-refractivity contribution is 0.112. The van der Waals surface area contributed by atoms with Crippen molar-refractivity contribution in [2.24, 2.45) is 0 Å². The summed E-state index contributed by atoms with van der Waals surface area (Å²) in [6.07, 6.45) is 1.83. The molecule has 0 aliphatic carbocycles. The Hall–Kier alpha value is -0.360. The molecule has 1 aromatic rings. The Morgan fingerprint density at radius 2 is 2.33 bits per heavy atom. The first kappa shape index (κ1) is 14.6. The molecule has 0 fully saturated rings. The van der Waals surface area contributed by atoms with E-state index in [1.165, 1.54) is 16.2 Å². The molecule has 1 rings (SSSR count). The van der Waals surface area contributed by atoms with Crippen LogP contribution in [0.5, 0.6) is 0 Å². The van der Waals surface area contributed by atoms with Gasteiger partial charge in [0, 0.05) is 30.8 Å². The molecule has 1 heterocycles. The van der Waals surface area contributed by atoms with Crippen LogP contribution in [0.15, 0.2) is 6.20 Å². The molecule has 88 valence electrons. The van der Waals surface area contributed by atoms with E-state index in [2.05, 4.69) is 23.9 Å². The zero-order chi connectivity index (χ0) is 10.6. The van der Waals surface area contributed by atoms with E-state index in [0.717, 1.165) is 13.2 Å². The largest absolute Gasteiger partial charge is 0.383 e. The van der Waals surface area contributed by atoms with Gasteiger partial charge in [-0.1, -0.05) is 0 Å². The van der Waals surface area contributed by atoms with Gasteiger partial charge in [0.15, 0.2) is 5.13 Å². The second-order valence-corrected chi connectivity index (χ2v) is 4.53. The summed E-state index contributed by atoms with van der Waals surface area (Å²) >= 11 is 1.54. The third-order valence-corrected chi connectivity index (χ3v) is 2.95. The van der Waals surface area contributed by atoms with Crippen molar-refractivity contribution in [3.63, 3.8) is 0 Å². The average Bonchev–Trinajstić information content (AvgIpc) is 2.51. The number of nitrogens with zero attached hydrogens (tertiary/aromatic N) is 2. The summed E-state index contributed by atoms with van der Waals surface area (Å²) in [7, 11) is 3.79. The van der Waals surface area contributed by atoms with Crippen LogP contribution in [0.3, 0.4) is 0 Å². The fourth-order valence-electron chi connectivity index (χ4n) is 1.17. The fraction of sp³-hybridized carbons (Fsp3) is 0.667. The van der Waals surface area contributed by atoms with E-state index in [4.69, 9.17) is 10.5 Å². The molecule has 6 heteroatoms. The standard InChI is InChI=1S/C9H17N3OS.ClH/c1-7(6-13-3)12(2)5-8-4-11-9(10)14-8;/h4,7H,5-6H2,1-3H3,(H2,10,11);1H. The number of nitrogen functional groups attached to an aromatic ring is 1. The maximum Gasteiger partial charge on any atom is 0.180 e. The molecule has 1 unspecified atom stereocenters. The minimum absolute atomic E-state index is 0. The molecule has 2 N–H and O–H groups in total. The SMILES string of the molecule is COCC(C)N(C)Cc1cnc(N)s1.Cl. The molecule has 0 aliphatic rings. The number of hydrogen-bond donors (Lipinski definition) is 1. The maximum absolute atomic E-state index is 5.55. The first-order valence-electron chi connectivity index (χ1n) is 4.53. The number of anilines is 1. The van der Waals surface area contributed by atoms with Crippen molar-refractivity contribution in [3.8, 4) is 0 Å². The predicted octanol–water partition coefficient (Wildman–Crippen LogP) is 1.61. The Kier molecular flexibility index (Phi) is 6.84. The van der Waals surface area contributed by atoms with Crippen LogP contribution in [0.4, 0.5) is 5.13 Å². The molecular weight excluding hydrogens is 234 g/mol. The second-order valence-electron chi connectivity index (χ2n) is 3.38. The van der Waals surface area contributed by atoms with Crippen molar-refractivity contribution in [3.05, 3.63) is 11.1 Å². The Labute approximate surface area is 101 Å². The summed E-state index contributed by atoms with van der Waals surface area (Å²) in [5, 5.41) is 0.632. The van der Waals surface area contributed by atoms with Crippen LogP contribution in [0.2, 0.25) is 0 Å². The van der Waals surface area contributed by atoms with Gasteiger partial charge in [-0.25, -0.2) is 4.98 Å². The van der Waals surface area contributed by atoms with E-state index < -0.39 is 0 Å². The zero-order valence-electron chi connectivity index (χ0n) is 9.27. The van der Waals surface area contributed by atoms with Crippen molar-refractivity contribution in [1.82, 2.24) is 9.88 Å². The molecule has 0 radical (unpaired) electrons. The molecule has 0 saturated heterocycles. The topological polar surface area (TPSA) is 51.4 Å².